The summed E-state index contributed by atoms with van der Waals surface area (Å²) in [5.74, 6) is -0.0675. The number of Topliss-reactive ketones (excluding diaryl/α,β-unsaturated/α-hetero) is 1. The van der Waals surface area contributed by atoms with Crippen LogP contribution in [-0.2, 0) is 14.3 Å². The molecule has 0 aliphatic carbocycles. The zero-order valence-electron chi connectivity index (χ0n) is 19.5. The summed E-state index contributed by atoms with van der Waals surface area (Å²) in [6.07, 6.45) is 0.522. The van der Waals surface area contributed by atoms with Gasteiger partial charge in [-0.3, -0.25) is 9.59 Å². The number of carbonyl (C=O) groups is 2. The van der Waals surface area contributed by atoms with E-state index in [2.05, 4.69) is 0 Å². The topological polar surface area (TPSA) is 94.5 Å². The van der Waals surface area contributed by atoms with E-state index < -0.39 is 17.7 Å². The molecule has 1 saturated heterocycles. The Kier molecular flexibility index (Phi) is 7.60. The first-order valence-electron chi connectivity index (χ1n) is 10.5. The third-order valence-electron chi connectivity index (χ3n) is 5.71. The molecular weight excluding hydrogens is 426 g/mol. The van der Waals surface area contributed by atoms with Gasteiger partial charge < -0.3 is 29.0 Å². The molecule has 0 aromatic heterocycles. The molecule has 1 heterocycles. The minimum atomic E-state index is -0.853. The average Bonchev–Trinajstić information content (AvgIpc) is 3.08. The second-order valence-corrected chi connectivity index (χ2v) is 7.63. The Morgan fingerprint density at radius 2 is 1.64 bits per heavy atom. The second kappa shape index (κ2) is 10.4. The number of aryl methyl sites for hydroxylation is 1. The minimum Gasteiger partial charge on any atom is -0.507 e. The van der Waals surface area contributed by atoms with Gasteiger partial charge in [0.1, 0.15) is 23.0 Å². The zero-order valence-corrected chi connectivity index (χ0v) is 19.5. The first kappa shape index (κ1) is 24.1. The third-order valence-corrected chi connectivity index (χ3v) is 5.71. The third kappa shape index (κ3) is 4.66. The molecule has 0 radical (unpaired) electrons. The molecule has 1 aliphatic rings. The summed E-state index contributed by atoms with van der Waals surface area (Å²) in [4.78, 5) is 27.7. The zero-order chi connectivity index (χ0) is 24.1. The first-order valence-corrected chi connectivity index (χ1v) is 10.5. The van der Waals surface area contributed by atoms with Gasteiger partial charge in [-0.05, 0) is 55.3 Å². The van der Waals surface area contributed by atoms with Crippen molar-refractivity contribution in [3.05, 3.63) is 58.7 Å². The predicted octanol–water partition coefficient (Wildman–Crippen LogP) is 3.48. The molecule has 3 rings (SSSR count). The van der Waals surface area contributed by atoms with E-state index in [0.717, 1.165) is 0 Å². The molecule has 8 heteroatoms. The van der Waals surface area contributed by atoms with E-state index in [1.165, 1.54) is 19.1 Å². The van der Waals surface area contributed by atoms with Gasteiger partial charge in [-0.1, -0.05) is 0 Å². The number of aliphatic hydroxyl groups is 1. The molecule has 33 heavy (non-hydrogen) atoms. The van der Waals surface area contributed by atoms with Crippen LogP contribution in [-0.4, -0.2) is 63.3 Å². The molecule has 0 spiro atoms. The maximum Gasteiger partial charge on any atom is 0.295 e. The van der Waals surface area contributed by atoms with E-state index in [0.29, 0.717) is 47.0 Å². The monoisotopic (exact) mass is 455 g/mol. The van der Waals surface area contributed by atoms with Gasteiger partial charge in [0.05, 0.1) is 32.9 Å². The van der Waals surface area contributed by atoms with Crippen LogP contribution in [0.1, 0.15) is 29.2 Å². The van der Waals surface area contributed by atoms with Gasteiger partial charge in [-0.2, -0.15) is 0 Å². The van der Waals surface area contributed by atoms with E-state index in [-0.39, 0.29) is 17.9 Å². The Labute approximate surface area is 193 Å². The smallest absolute Gasteiger partial charge is 0.295 e. The van der Waals surface area contributed by atoms with Gasteiger partial charge in [0, 0.05) is 31.4 Å². The fourth-order valence-corrected chi connectivity index (χ4v) is 4.04. The summed E-state index contributed by atoms with van der Waals surface area (Å²) in [5.41, 5.74) is 1.68. The van der Waals surface area contributed by atoms with Crippen LogP contribution in [0.25, 0.3) is 5.76 Å². The number of ether oxygens (including phenoxy) is 4. The van der Waals surface area contributed by atoms with Gasteiger partial charge in [0.2, 0.25) is 0 Å². The number of benzene rings is 2. The number of likely N-dealkylation sites (tertiary alicyclic amines) is 1. The highest BCUT2D eigenvalue weighted by Crippen LogP contribution is 2.44. The van der Waals surface area contributed by atoms with Crippen LogP contribution < -0.4 is 14.2 Å². The lowest BCUT2D eigenvalue weighted by molar-refractivity contribution is -0.140. The molecule has 2 aromatic rings. The van der Waals surface area contributed by atoms with Crippen molar-refractivity contribution >= 4 is 17.4 Å². The van der Waals surface area contributed by atoms with Crippen LogP contribution in [0, 0.1) is 6.92 Å². The van der Waals surface area contributed by atoms with E-state index in [1.54, 1.807) is 57.5 Å². The second-order valence-electron chi connectivity index (χ2n) is 7.63. The Bertz CT molecular complexity index is 1080. The van der Waals surface area contributed by atoms with Crippen LogP contribution in [0.2, 0.25) is 0 Å². The maximum absolute atomic E-state index is 13.2. The van der Waals surface area contributed by atoms with E-state index in [9.17, 15) is 14.7 Å². The lowest BCUT2D eigenvalue weighted by Crippen LogP contribution is -2.31. The van der Waals surface area contributed by atoms with Crippen LogP contribution in [0.4, 0.5) is 0 Å². The molecule has 0 bridgehead atoms. The summed E-state index contributed by atoms with van der Waals surface area (Å²) in [5, 5.41) is 11.3. The number of rotatable bonds is 9. The molecule has 0 saturated carbocycles. The summed E-state index contributed by atoms with van der Waals surface area (Å²) in [6, 6.07) is 9.42. The number of methoxy groups -OCH3 is 4. The van der Waals surface area contributed by atoms with E-state index in [4.69, 9.17) is 18.9 Å². The SMILES string of the molecule is COCCCN1C(=O)C(=O)/C(=C(/O)c2ccc(OC)cc2C)C1c1cc(OC)ccc1OC. The lowest BCUT2D eigenvalue weighted by Gasteiger charge is -2.27. The predicted molar refractivity (Wildman–Crippen MR) is 123 cm³/mol. The Balaban J connectivity index is 2.23. The molecular formula is C25H29NO7. The highest BCUT2D eigenvalue weighted by Gasteiger charge is 2.47. The summed E-state index contributed by atoms with van der Waals surface area (Å²) in [6.45, 7) is 2.48. The molecule has 1 N–H and O–H groups in total. The highest BCUT2D eigenvalue weighted by molar-refractivity contribution is 6.46. The van der Waals surface area contributed by atoms with E-state index in [1.807, 2.05) is 0 Å². The normalized spacial score (nSPS) is 17.4. The lowest BCUT2D eigenvalue weighted by atomic mass is 9.93. The largest absolute Gasteiger partial charge is 0.507 e. The number of hydrogen-bond donors (Lipinski definition) is 1. The maximum atomic E-state index is 13.2. The Hall–Kier alpha value is -3.52. The van der Waals surface area contributed by atoms with Crippen LogP contribution in [0.15, 0.2) is 42.0 Å². The van der Waals surface area contributed by atoms with Crippen molar-refractivity contribution in [3.63, 3.8) is 0 Å². The average molecular weight is 456 g/mol. The summed E-state index contributed by atoms with van der Waals surface area (Å²) in [7, 11) is 6.16. The Morgan fingerprint density at radius 1 is 0.970 bits per heavy atom. The first-order chi connectivity index (χ1) is 15.9. The summed E-state index contributed by atoms with van der Waals surface area (Å²) >= 11 is 0. The van der Waals surface area contributed by atoms with Gasteiger partial charge in [0.25, 0.3) is 11.7 Å². The van der Waals surface area contributed by atoms with E-state index >= 15 is 0 Å². The molecule has 1 unspecified atom stereocenters. The van der Waals surface area contributed by atoms with Gasteiger partial charge >= 0.3 is 0 Å². The molecule has 1 atom stereocenters. The fourth-order valence-electron chi connectivity index (χ4n) is 4.04. The number of hydrogen-bond acceptors (Lipinski definition) is 7. The van der Waals surface area contributed by atoms with Crippen molar-refractivity contribution in [1.82, 2.24) is 4.90 Å². The van der Waals surface area contributed by atoms with Gasteiger partial charge in [-0.15, -0.1) is 0 Å². The van der Waals surface area contributed by atoms with Crippen molar-refractivity contribution < 1.29 is 33.6 Å². The number of aliphatic hydroxyl groups excluding tert-OH is 1. The molecule has 1 amide bonds. The van der Waals surface area contributed by atoms with Crippen molar-refractivity contribution in [1.29, 1.82) is 0 Å². The van der Waals surface area contributed by atoms with Crippen molar-refractivity contribution in [2.24, 2.45) is 0 Å². The molecule has 2 aromatic carbocycles. The number of carbonyl (C=O) groups excluding carboxylic acids is 2. The van der Waals surface area contributed by atoms with Gasteiger partial charge in [-0.25, -0.2) is 0 Å². The van der Waals surface area contributed by atoms with Crippen molar-refractivity contribution in [3.8, 4) is 17.2 Å². The fraction of sp³-hybridized carbons (Fsp3) is 0.360. The van der Waals surface area contributed by atoms with Crippen LogP contribution in [0.3, 0.4) is 0 Å². The molecule has 176 valence electrons. The Morgan fingerprint density at radius 3 is 2.24 bits per heavy atom. The summed E-state index contributed by atoms with van der Waals surface area (Å²) < 4.78 is 21.3. The minimum absolute atomic E-state index is 0.00256. The van der Waals surface area contributed by atoms with Gasteiger partial charge in [0.15, 0.2) is 0 Å². The van der Waals surface area contributed by atoms with Crippen LogP contribution >= 0.6 is 0 Å². The highest BCUT2D eigenvalue weighted by atomic mass is 16.5. The van der Waals surface area contributed by atoms with Crippen molar-refractivity contribution in [2.75, 3.05) is 41.6 Å². The van der Waals surface area contributed by atoms with Crippen molar-refractivity contribution in [2.45, 2.75) is 19.4 Å². The molecule has 1 aliphatic heterocycles. The standard InChI is InChI=1S/C25H29NO7/c1-15-13-16(31-3)7-9-18(15)23(27)21-22(19-14-17(32-4)8-10-20(19)33-5)26(11-6-12-30-2)25(29)24(21)28/h7-10,13-14,22,27H,6,11-12H2,1-5H3/b23-21+. The van der Waals surface area contributed by atoms with Crippen LogP contribution in [0.5, 0.6) is 17.2 Å². The molecule has 1 fully saturated rings. The number of ketones is 1. The quantitative estimate of drug-likeness (QED) is 0.268. The number of amides is 1. The molecule has 8 nitrogen and oxygen atoms in total. The number of nitrogens with zero attached hydrogens (tertiary/aromatic N) is 1.